The fourth-order valence-corrected chi connectivity index (χ4v) is 1.48. The number of nitrogens with one attached hydrogen (secondary N) is 1. The van der Waals surface area contributed by atoms with Gasteiger partial charge in [0.2, 0.25) is 5.95 Å². The topological polar surface area (TPSA) is 62.5 Å². The summed E-state index contributed by atoms with van der Waals surface area (Å²) in [6.45, 7) is 2.39. The third kappa shape index (κ3) is 2.62. The summed E-state index contributed by atoms with van der Waals surface area (Å²) in [6, 6.07) is 3.57. The van der Waals surface area contributed by atoms with Crippen LogP contribution in [0.2, 0.25) is 5.02 Å². The molecular formula is C10H13ClN4O. The van der Waals surface area contributed by atoms with Crippen molar-refractivity contribution in [2.45, 2.75) is 19.4 Å². The van der Waals surface area contributed by atoms with Crippen molar-refractivity contribution >= 4 is 23.2 Å². The van der Waals surface area contributed by atoms with Crippen molar-refractivity contribution in [1.82, 2.24) is 14.6 Å². The molecule has 0 saturated heterocycles. The van der Waals surface area contributed by atoms with Crippen molar-refractivity contribution in [1.29, 1.82) is 0 Å². The Morgan fingerprint density at radius 3 is 3.12 bits per heavy atom. The molecule has 2 heterocycles. The predicted molar refractivity (Wildman–Crippen MR) is 62.8 cm³/mol. The number of aliphatic hydroxyl groups is 1. The van der Waals surface area contributed by atoms with Gasteiger partial charge in [0.05, 0.1) is 11.1 Å². The molecule has 0 amide bonds. The smallest absolute Gasteiger partial charge is 0.243 e. The van der Waals surface area contributed by atoms with E-state index in [0.717, 1.165) is 5.65 Å². The second-order valence-electron chi connectivity index (χ2n) is 3.65. The number of rotatable bonds is 4. The largest absolute Gasteiger partial charge is 0.393 e. The van der Waals surface area contributed by atoms with Gasteiger partial charge in [0.25, 0.3) is 0 Å². The minimum atomic E-state index is -0.320. The van der Waals surface area contributed by atoms with Crippen molar-refractivity contribution in [3.63, 3.8) is 0 Å². The molecule has 5 nitrogen and oxygen atoms in total. The first kappa shape index (κ1) is 11.2. The number of anilines is 1. The monoisotopic (exact) mass is 240 g/mol. The van der Waals surface area contributed by atoms with Crippen molar-refractivity contribution in [3.05, 3.63) is 23.4 Å². The molecule has 0 aromatic carbocycles. The van der Waals surface area contributed by atoms with Crippen molar-refractivity contribution < 1.29 is 5.11 Å². The molecule has 0 fully saturated rings. The van der Waals surface area contributed by atoms with Crippen molar-refractivity contribution in [2.24, 2.45) is 0 Å². The van der Waals surface area contributed by atoms with Crippen LogP contribution in [0.15, 0.2) is 18.3 Å². The lowest BCUT2D eigenvalue weighted by molar-refractivity contribution is 0.188. The van der Waals surface area contributed by atoms with E-state index in [1.165, 1.54) is 0 Å². The molecule has 0 radical (unpaired) electrons. The molecule has 0 aliphatic heterocycles. The molecule has 16 heavy (non-hydrogen) atoms. The fraction of sp³-hybridized carbons (Fsp3) is 0.400. The lowest BCUT2D eigenvalue weighted by Gasteiger charge is -2.03. The van der Waals surface area contributed by atoms with E-state index in [1.54, 1.807) is 29.8 Å². The molecule has 2 rings (SSSR count). The predicted octanol–water partition coefficient (Wildman–Crippen LogP) is 1.57. The molecule has 0 saturated carbocycles. The number of aromatic nitrogens is 3. The van der Waals surface area contributed by atoms with Gasteiger partial charge in [-0.1, -0.05) is 11.6 Å². The van der Waals surface area contributed by atoms with Crippen LogP contribution in [0.3, 0.4) is 0 Å². The van der Waals surface area contributed by atoms with Crippen LogP contribution < -0.4 is 5.32 Å². The maximum absolute atomic E-state index is 9.10. The molecule has 0 spiro atoms. The van der Waals surface area contributed by atoms with Gasteiger partial charge in [-0.25, -0.2) is 4.52 Å². The number of hydrogen-bond acceptors (Lipinski definition) is 4. The van der Waals surface area contributed by atoms with Gasteiger partial charge in [-0.2, -0.15) is 4.98 Å². The molecule has 0 bridgehead atoms. The van der Waals surface area contributed by atoms with E-state index in [-0.39, 0.29) is 6.10 Å². The summed E-state index contributed by atoms with van der Waals surface area (Å²) < 4.78 is 1.62. The van der Waals surface area contributed by atoms with Crippen LogP contribution in [0.5, 0.6) is 0 Å². The van der Waals surface area contributed by atoms with Crippen LogP contribution in [0.1, 0.15) is 13.3 Å². The number of pyridine rings is 1. The van der Waals surface area contributed by atoms with E-state index < -0.39 is 0 Å². The zero-order valence-electron chi connectivity index (χ0n) is 8.89. The van der Waals surface area contributed by atoms with E-state index in [0.29, 0.717) is 23.9 Å². The van der Waals surface area contributed by atoms with Crippen molar-refractivity contribution in [3.8, 4) is 0 Å². The maximum atomic E-state index is 9.10. The molecule has 86 valence electrons. The number of hydrogen-bond donors (Lipinski definition) is 2. The molecular weight excluding hydrogens is 228 g/mol. The van der Waals surface area contributed by atoms with E-state index in [2.05, 4.69) is 15.4 Å². The Bertz CT molecular complexity index is 483. The first-order valence-electron chi connectivity index (χ1n) is 5.09. The number of nitrogens with zero attached hydrogens (tertiary/aromatic N) is 3. The quantitative estimate of drug-likeness (QED) is 0.852. The second kappa shape index (κ2) is 4.67. The number of aliphatic hydroxyl groups excluding tert-OH is 1. The van der Waals surface area contributed by atoms with Gasteiger partial charge in [-0.05, 0) is 25.5 Å². The third-order valence-corrected chi connectivity index (χ3v) is 2.36. The Kier molecular flexibility index (Phi) is 3.26. The van der Waals surface area contributed by atoms with Gasteiger partial charge in [0.1, 0.15) is 0 Å². The van der Waals surface area contributed by atoms with Crippen LogP contribution in [-0.4, -0.2) is 32.4 Å². The second-order valence-corrected chi connectivity index (χ2v) is 4.09. The molecule has 1 unspecified atom stereocenters. The zero-order valence-corrected chi connectivity index (χ0v) is 9.65. The average molecular weight is 241 g/mol. The Morgan fingerprint density at radius 1 is 1.56 bits per heavy atom. The maximum Gasteiger partial charge on any atom is 0.243 e. The lowest BCUT2D eigenvalue weighted by Crippen LogP contribution is -2.10. The van der Waals surface area contributed by atoms with Gasteiger partial charge in [-0.3, -0.25) is 0 Å². The Hall–Kier alpha value is -1.33. The fourth-order valence-electron chi connectivity index (χ4n) is 1.33. The summed E-state index contributed by atoms with van der Waals surface area (Å²) >= 11 is 5.83. The summed E-state index contributed by atoms with van der Waals surface area (Å²) in [6.07, 6.45) is 2.04. The minimum Gasteiger partial charge on any atom is -0.393 e. The Morgan fingerprint density at radius 2 is 2.38 bits per heavy atom. The highest BCUT2D eigenvalue weighted by Crippen LogP contribution is 2.11. The summed E-state index contributed by atoms with van der Waals surface area (Å²) in [5, 5.41) is 17.0. The number of halogens is 1. The highest BCUT2D eigenvalue weighted by atomic mass is 35.5. The average Bonchev–Trinajstić information content (AvgIpc) is 2.58. The zero-order chi connectivity index (χ0) is 11.5. The minimum absolute atomic E-state index is 0.320. The number of fused-ring (bicyclic) bond motifs is 1. The molecule has 0 aliphatic carbocycles. The normalized spacial score (nSPS) is 12.9. The van der Waals surface area contributed by atoms with Gasteiger partial charge in [0, 0.05) is 12.7 Å². The van der Waals surface area contributed by atoms with Crippen LogP contribution in [0.25, 0.3) is 5.65 Å². The molecule has 6 heteroatoms. The third-order valence-electron chi connectivity index (χ3n) is 2.14. The molecule has 1 atom stereocenters. The Labute approximate surface area is 98.1 Å². The standard InChI is InChI=1S/C10H13ClN4O/c1-7(16)4-5-12-10-13-9-3-2-8(11)6-15(9)14-10/h2-3,6-7,16H,4-5H2,1H3,(H,12,14). The van der Waals surface area contributed by atoms with Gasteiger partial charge < -0.3 is 10.4 Å². The van der Waals surface area contributed by atoms with E-state index >= 15 is 0 Å². The van der Waals surface area contributed by atoms with E-state index in [1.807, 2.05) is 0 Å². The molecule has 0 aliphatic rings. The van der Waals surface area contributed by atoms with Gasteiger partial charge in [0.15, 0.2) is 5.65 Å². The molecule has 2 aromatic heterocycles. The van der Waals surface area contributed by atoms with Gasteiger partial charge in [-0.15, -0.1) is 5.10 Å². The van der Waals surface area contributed by atoms with Crippen molar-refractivity contribution in [2.75, 3.05) is 11.9 Å². The summed E-state index contributed by atoms with van der Waals surface area (Å²) in [5.41, 5.74) is 0.740. The summed E-state index contributed by atoms with van der Waals surface area (Å²) in [7, 11) is 0. The molecule has 2 aromatic rings. The lowest BCUT2D eigenvalue weighted by atomic mass is 10.3. The SMILES string of the molecule is CC(O)CCNc1nc2ccc(Cl)cn2n1. The summed E-state index contributed by atoms with van der Waals surface area (Å²) in [5.74, 6) is 0.544. The first-order chi connectivity index (χ1) is 7.65. The molecule has 2 N–H and O–H groups in total. The van der Waals surface area contributed by atoms with Gasteiger partial charge >= 0.3 is 0 Å². The van der Waals surface area contributed by atoms with Crippen LogP contribution >= 0.6 is 11.6 Å². The van der Waals surface area contributed by atoms with Crippen LogP contribution in [0, 0.1) is 0 Å². The summed E-state index contributed by atoms with van der Waals surface area (Å²) in [4.78, 5) is 4.25. The van der Waals surface area contributed by atoms with E-state index in [9.17, 15) is 0 Å². The Balaban J connectivity index is 2.08. The van der Waals surface area contributed by atoms with Crippen LogP contribution in [-0.2, 0) is 0 Å². The van der Waals surface area contributed by atoms with E-state index in [4.69, 9.17) is 16.7 Å². The highest BCUT2D eigenvalue weighted by molar-refractivity contribution is 6.30. The highest BCUT2D eigenvalue weighted by Gasteiger charge is 2.03. The van der Waals surface area contributed by atoms with Crippen LogP contribution in [0.4, 0.5) is 5.95 Å². The first-order valence-corrected chi connectivity index (χ1v) is 5.47.